The van der Waals surface area contributed by atoms with E-state index in [1.54, 1.807) is 0 Å². The molecule has 6 heteroatoms. The van der Waals surface area contributed by atoms with Crippen molar-refractivity contribution in [1.82, 2.24) is 15.2 Å². The van der Waals surface area contributed by atoms with Gasteiger partial charge in [0.25, 0.3) is 5.91 Å². The van der Waals surface area contributed by atoms with Crippen molar-refractivity contribution < 1.29 is 4.79 Å². The van der Waals surface area contributed by atoms with Crippen molar-refractivity contribution in [2.75, 3.05) is 38.2 Å². The fourth-order valence-corrected chi connectivity index (χ4v) is 3.85. The Morgan fingerprint density at radius 1 is 0.969 bits per heavy atom. The largest absolute Gasteiger partial charge is 0.399 e. The summed E-state index contributed by atoms with van der Waals surface area (Å²) in [6.07, 6.45) is 0. The van der Waals surface area contributed by atoms with E-state index in [9.17, 15) is 4.79 Å². The number of aromatic nitrogens is 1. The van der Waals surface area contributed by atoms with Gasteiger partial charge in [-0.15, -0.1) is 0 Å². The number of carbonyl (C=O) groups is 1. The summed E-state index contributed by atoms with van der Waals surface area (Å²) in [5, 5.41) is 8.50. The van der Waals surface area contributed by atoms with Crippen LogP contribution in [0.4, 0.5) is 17.1 Å². The molecule has 164 valence electrons. The summed E-state index contributed by atoms with van der Waals surface area (Å²) >= 11 is 0. The lowest BCUT2D eigenvalue weighted by Gasteiger charge is -2.18. The molecule has 0 aliphatic carbocycles. The monoisotopic (exact) mass is 427 g/mol. The van der Waals surface area contributed by atoms with Crippen molar-refractivity contribution in [3.63, 3.8) is 0 Å². The Morgan fingerprint density at radius 2 is 1.69 bits per heavy atom. The standard InChI is InChI=1S/C26H29N5O/c1-16-11-12-18(27)15-22(16)29-24-19-8-5-7-17(2)23(19)30-25-20(24)9-6-10-21(25)26(32)28-13-14-31(3)4/h5-12,15H,13-14,27H2,1-4H3,(H,28,32)(H,29,30). The number of nitrogens with two attached hydrogens (primary N) is 1. The number of nitrogens with zero attached hydrogens (tertiary/aromatic N) is 2. The molecule has 1 aromatic heterocycles. The van der Waals surface area contributed by atoms with Gasteiger partial charge in [-0.25, -0.2) is 4.98 Å². The summed E-state index contributed by atoms with van der Waals surface area (Å²) in [6, 6.07) is 17.7. The van der Waals surface area contributed by atoms with Crippen LogP contribution in [0.15, 0.2) is 54.6 Å². The number of nitrogen functional groups attached to an aromatic ring is 1. The third-order valence-electron chi connectivity index (χ3n) is 5.65. The number of aryl methyl sites for hydroxylation is 2. The van der Waals surface area contributed by atoms with Crippen LogP contribution in [0.25, 0.3) is 21.8 Å². The molecule has 6 nitrogen and oxygen atoms in total. The van der Waals surface area contributed by atoms with Crippen LogP contribution in [0, 0.1) is 13.8 Å². The van der Waals surface area contributed by atoms with Crippen LogP contribution in [0.2, 0.25) is 0 Å². The summed E-state index contributed by atoms with van der Waals surface area (Å²) < 4.78 is 0. The molecule has 4 aromatic rings. The maximum absolute atomic E-state index is 13.0. The normalized spacial score (nSPS) is 11.3. The molecule has 4 rings (SSSR count). The highest BCUT2D eigenvalue weighted by Crippen LogP contribution is 2.36. The van der Waals surface area contributed by atoms with Gasteiger partial charge in [-0.1, -0.05) is 36.4 Å². The van der Waals surface area contributed by atoms with E-state index in [-0.39, 0.29) is 5.91 Å². The van der Waals surface area contributed by atoms with Crippen LogP contribution in [0.1, 0.15) is 21.5 Å². The zero-order chi connectivity index (χ0) is 22.8. The first-order valence-electron chi connectivity index (χ1n) is 10.7. The number of hydrogen-bond donors (Lipinski definition) is 3. The molecule has 4 N–H and O–H groups in total. The summed E-state index contributed by atoms with van der Waals surface area (Å²) in [5.41, 5.74) is 12.9. The first-order valence-corrected chi connectivity index (χ1v) is 10.7. The van der Waals surface area contributed by atoms with Crippen molar-refractivity contribution in [2.45, 2.75) is 13.8 Å². The summed E-state index contributed by atoms with van der Waals surface area (Å²) in [6.45, 7) is 5.43. The number of rotatable bonds is 6. The smallest absolute Gasteiger partial charge is 0.253 e. The van der Waals surface area contributed by atoms with Gasteiger partial charge < -0.3 is 21.3 Å². The number of anilines is 3. The van der Waals surface area contributed by atoms with Gasteiger partial charge in [0, 0.05) is 35.2 Å². The predicted molar refractivity (Wildman–Crippen MR) is 134 cm³/mol. The Balaban J connectivity index is 1.90. The Kier molecular flexibility index (Phi) is 5.97. The molecule has 0 unspecified atom stereocenters. The highest BCUT2D eigenvalue weighted by atomic mass is 16.1. The number of nitrogens with one attached hydrogen (secondary N) is 2. The van der Waals surface area contributed by atoms with Crippen molar-refractivity contribution in [3.8, 4) is 0 Å². The van der Waals surface area contributed by atoms with Gasteiger partial charge in [0.05, 0.1) is 22.3 Å². The number of pyridine rings is 1. The minimum absolute atomic E-state index is 0.121. The molecule has 0 aliphatic heterocycles. The van der Waals surface area contributed by atoms with Crippen LogP contribution in [0.3, 0.4) is 0 Å². The van der Waals surface area contributed by atoms with Crippen LogP contribution in [0.5, 0.6) is 0 Å². The van der Waals surface area contributed by atoms with E-state index in [2.05, 4.69) is 16.7 Å². The zero-order valence-electron chi connectivity index (χ0n) is 19.0. The number of para-hydroxylation sites is 2. The van der Waals surface area contributed by atoms with Crippen molar-refractivity contribution in [3.05, 3.63) is 71.3 Å². The number of fused-ring (bicyclic) bond motifs is 2. The van der Waals surface area contributed by atoms with E-state index in [0.29, 0.717) is 23.3 Å². The molecule has 0 aliphatic rings. The van der Waals surface area contributed by atoms with E-state index >= 15 is 0 Å². The Labute approximate surface area is 188 Å². The van der Waals surface area contributed by atoms with Gasteiger partial charge in [-0.3, -0.25) is 4.79 Å². The van der Waals surface area contributed by atoms with E-state index in [4.69, 9.17) is 10.7 Å². The molecule has 0 atom stereocenters. The Bertz CT molecular complexity index is 1310. The molecule has 0 saturated carbocycles. The van der Waals surface area contributed by atoms with Crippen LogP contribution < -0.4 is 16.4 Å². The average Bonchev–Trinajstić information content (AvgIpc) is 2.76. The van der Waals surface area contributed by atoms with Crippen LogP contribution in [-0.4, -0.2) is 43.0 Å². The predicted octanol–water partition coefficient (Wildman–Crippen LogP) is 4.62. The second-order valence-corrected chi connectivity index (χ2v) is 8.42. The molecule has 0 saturated heterocycles. The lowest BCUT2D eigenvalue weighted by atomic mass is 10.0. The van der Waals surface area contributed by atoms with Gasteiger partial charge in [0.1, 0.15) is 0 Å². The molecule has 1 heterocycles. The number of benzene rings is 3. The summed E-state index contributed by atoms with van der Waals surface area (Å²) in [5.74, 6) is -0.121. The van der Waals surface area contributed by atoms with E-state index in [0.717, 1.165) is 45.3 Å². The first-order chi connectivity index (χ1) is 15.3. The van der Waals surface area contributed by atoms with Crippen molar-refractivity contribution in [1.29, 1.82) is 0 Å². The number of likely N-dealkylation sites (N-methyl/N-ethyl adjacent to an activating group) is 1. The highest BCUT2D eigenvalue weighted by Gasteiger charge is 2.17. The molecule has 3 aromatic carbocycles. The molecule has 0 radical (unpaired) electrons. The van der Waals surface area contributed by atoms with Crippen molar-refractivity contribution >= 4 is 44.8 Å². The number of hydrogen-bond acceptors (Lipinski definition) is 5. The second kappa shape index (κ2) is 8.85. The zero-order valence-corrected chi connectivity index (χ0v) is 19.0. The molecule has 32 heavy (non-hydrogen) atoms. The average molecular weight is 428 g/mol. The Morgan fingerprint density at radius 3 is 2.44 bits per heavy atom. The van der Waals surface area contributed by atoms with Crippen molar-refractivity contribution in [2.24, 2.45) is 0 Å². The van der Waals surface area contributed by atoms with Crippen LogP contribution in [-0.2, 0) is 0 Å². The molecule has 0 bridgehead atoms. The summed E-state index contributed by atoms with van der Waals surface area (Å²) in [4.78, 5) is 20.0. The highest BCUT2D eigenvalue weighted by molar-refractivity contribution is 6.15. The molecular formula is C26H29N5O. The number of carbonyl (C=O) groups excluding carboxylic acids is 1. The number of amides is 1. The Hall–Kier alpha value is -3.64. The minimum Gasteiger partial charge on any atom is -0.399 e. The topological polar surface area (TPSA) is 83.3 Å². The lowest BCUT2D eigenvalue weighted by Crippen LogP contribution is -2.31. The van der Waals surface area contributed by atoms with Gasteiger partial charge in [0.2, 0.25) is 0 Å². The third-order valence-corrected chi connectivity index (χ3v) is 5.65. The van der Waals surface area contributed by atoms with Gasteiger partial charge in [-0.05, 0) is 57.3 Å². The molecule has 1 amide bonds. The molecule has 0 spiro atoms. The fourth-order valence-electron chi connectivity index (χ4n) is 3.85. The fraction of sp³-hybridized carbons (Fsp3) is 0.231. The SMILES string of the molecule is Cc1ccc(N)cc1Nc1c2cccc(C)c2nc2c(C(=O)NCCN(C)C)cccc12. The second-order valence-electron chi connectivity index (χ2n) is 8.42. The maximum atomic E-state index is 13.0. The van der Waals surface area contributed by atoms with Gasteiger partial charge in [-0.2, -0.15) is 0 Å². The summed E-state index contributed by atoms with van der Waals surface area (Å²) in [7, 11) is 3.97. The maximum Gasteiger partial charge on any atom is 0.253 e. The molecular weight excluding hydrogens is 398 g/mol. The van der Waals surface area contributed by atoms with E-state index in [1.807, 2.05) is 81.4 Å². The van der Waals surface area contributed by atoms with Gasteiger partial charge in [0.15, 0.2) is 0 Å². The van der Waals surface area contributed by atoms with E-state index in [1.165, 1.54) is 0 Å². The lowest BCUT2D eigenvalue weighted by molar-refractivity contribution is 0.0952. The van der Waals surface area contributed by atoms with E-state index < -0.39 is 0 Å². The quantitative estimate of drug-likeness (QED) is 0.309. The minimum atomic E-state index is -0.121. The van der Waals surface area contributed by atoms with Gasteiger partial charge >= 0.3 is 0 Å². The third kappa shape index (κ3) is 4.22. The molecule has 0 fully saturated rings. The first kappa shape index (κ1) is 21.6. The van der Waals surface area contributed by atoms with Crippen LogP contribution >= 0.6 is 0 Å².